The van der Waals surface area contributed by atoms with E-state index in [-0.39, 0.29) is 30.8 Å². The maximum absolute atomic E-state index is 12.4. The van der Waals surface area contributed by atoms with E-state index < -0.39 is 18.2 Å². The molecule has 0 saturated carbocycles. The first-order valence-electron chi connectivity index (χ1n) is 10.3. The maximum atomic E-state index is 12.4. The molecule has 8 heteroatoms. The summed E-state index contributed by atoms with van der Waals surface area (Å²) in [6, 6.07) is 7.08. The van der Waals surface area contributed by atoms with Gasteiger partial charge in [-0.05, 0) is 30.5 Å². The fourth-order valence-corrected chi connectivity index (χ4v) is 3.62. The van der Waals surface area contributed by atoms with Gasteiger partial charge in [0.05, 0.1) is 32.3 Å². The summed E-state index contributed by atoms with van der Waals surface area (Å²) in [6.45, 7) is 1.32. The third kappa shape index (κ3) is 6.29. The molecule has 1 aromatic rings. The van der Waals surface area contributed by atoms with E-state index in [1.807, 2.05) is 30.3 Å². The number of rotatable bonds is 8. The molecule has 0 aliphatic carbocycles. The lowest BCUT2D eigenvalue weighted by Gasteiger charge is -2.33. The van der Waals surface area contributed by atoms with E-state index in [0.717, 1.165) is 11.3 Å². The normalized spacial score (nSPS) is 24.3. The number of benzene rings is 1. The van der Waals surface area contributed by atoms with Crippen molar-refractivity contribution in [2.45, 2.75) is 44.1 Å². The van der Waals surface area contributed by atoms with Crippen LogP contribution < -0.4 is 15.4 Å². The van der Waals surface area contributed by atoms with Gasteiger partial charge in [0.1, 0.15) is 11.9 Å². The van der Waals surface area contributed by atoms with E-state index in [4.69, 9.17) is 14.2 Å². The molecule has 0 bridgehead atoms. The van der Waals surface area contributed by atoms with Gasteiger partial charge in [-0.3, -0.25) is 9.59 Å². The Labute approximate surface area is 176 Å². The van der Waals surface area contributed by atoms with E-state index >= 15 is 0 Å². The Bertz CT molecular complexity index is 747. The molecule has 1 fully saturated rings. The summed E-state index contributed by atoms with van der Waals surface area (Å²) in [6.07, 6.45) is 4.07. The Kier molecular flexibility index (Phi) is 8.24. The van der Waals surface area contributed by atoms with Gasteiger partial charge in [-0.1, -0.05) is 24.3 Å². The van der Waals surface area contributed by atoms with Gasteiger partial charge in [-0.15, -0.1) is 0 Å². The number of ether oxygens (including phenoxy) is 3. The predicted octanol–water partition coefficient (Wildman–Crippen LogP) is 0.929. The molecular formula is C22H30N2O6. The number of hydrogen-bond acceptors (Lipinski definition) is 6. The third-order valence-electron chi connectivity index (χ3n) is 5.37. The standard InChI is InChI=1S/C22H30N2O6/c1-28-17-4-2-3-15(11-17)13-23-21(26)12-18-5-6-19(20(14-25)30-18)24-22(27)16-7-9-29-10-8-16/h2-6,11,16,18-20,25H,7-10,12-14H2,1H3,(H,23,26)(H,24,27)/t18-,19+,20-/m0/s1. The largest absolute Gasteiger partial charge is 0.497 e. The van der Waals surface area contributed by atoms with Crippen LogP contribution in [0.1, 0.15) is 24.8 Å². The van der Waals surface area contributed by atoms with Crippen LogP contribution in [0.4, 0.5) is 0 Å². The second-order valence-electron chi connectivity index (χ2n) is 7.53. The zero-order chi connectivity index (χ0) is 21.3. The van der Waals surface area contributed by atoms with E-state index in [0.29, 0.717) is 32.6 Å². The van der Waals surface area contributed by atoms with Crippen molar-refractivity contribution in [3.05, 3.63) is 42.0 Å². The van der Waals surface area contributed by atoms with Gasteiger partial charge in [-0.2, -0.15) is 0 Å². The Morgan fingerprint density at radius 2 is 2.03 bits per heavy atom. The highest BCUT2D eigenvalue weighted by molar-refractivity contribution is 5.79. The van der Waals surface area contributed by atoms with Crippen LogP contribution in [0.5, 0.6) is 5.75 Å². The van der Waals surface area contributed by atoms with Gasteiger partial charge >= 0.3 is 0 Å². The highest BCUT2D eigenvalue weighted by Crippen LogP contribution is 2.19. The summed E-state index contributed by atoms with van der Waals surface area (Å²) in [7, 11) is 1.60. The molecule has 1 saturated heterocycles. The first kappa shape index (κ1) is 22.3. The summed E-state index contributed by atoms with van der Waals surface area (Å²) in [4.78, 5) is 24.7. The van der Waals surface area contributed by atoms with Crippen LogP contribution in [0.15, 0.2) is 36.4 Å². The summed E-state index contributed by atoms with van der Waals surface area (Å²) in [5.41, 5.74) is 0.937. The van der Waals surface area contributed by atoms with Crippen molar-refractivity contribution in [1.82, 2.24) is 10.6 Å². The van der Waals surface area contributed by atoms with E-state index in [1.54, 1.807) is 13.2 Å². The monoisotopic (exact) mass is 418 g/mol. The average molecular weight is 418 g/mol. The minimum Gasteiger partial charge on any atom is -0.497 e. The first-order chi connectivity index (χ1) is 14.6. The lowest BCUT2D eigenvalue weighted by molar-refractivity contribution is -0.132. The van der Waals surface area contributed by atoms with Crippen LogP contribution in [0.25, 0.3) is 0 Å². The molecule has 3 atom stereocenters. The van der Waals surface area contributed by atoms with Gasteiger partial charge in [0.25, 0.3) is 0 Å². The Morgan fingerprint density at radius 1 is 1.23 bits per heavy atom. The molecule has 2 aliphatic heterocycles. The van der Waals surface area contributed by atoms with Crippen molar-refractivity contribution in [2.24, 2.45) is 5.92 Å². The zero-order valence-corrected chi connectivity index (χ0v) is 17.2. The fourth-order valence-electron chi connectivity index (χ4n) is 3.62. The van der Waals surface area contributed by atoms with E-state index in [2.05, 4.69) is 10.6 Å². The average Bonchev–Trinajstić information content (AvgIpc) is 2.79. The number of hydrogen-bond donors (Lipinski definition) is 3. The first-order valence-corrected chi connectivity index (χ1v) is 10.3. The van der Waals surface area contributed by atoms with Gasteiger partial charge in [0, 0.05) is 25.7 Å². The molecule has 2 amide bonds. The fraction of sp³-hybridized carbons (Fsp3) is 0.545. The van der Waals surface area contributed by atoms with Crippen molar-refractivity contribution in [3.8, 4) is 5.75 Å². The van der Waals surface area contributed by atoms with Crippen LogP contribution in [0, 0.1) is 5.92 Å². The molecule has 0 aromatic heterocycles. The van der Waals surface area contributed by atoms with Gasteiger partial charge < -0.3 is 30.0 Å². The van der Waals surface area contributed by atoms with Gasteiger partial charge in [0.15, 0.2) is 0 Å². The molecule has 3 N–H and O–H groups in total. The molecule has 3 rings (SSSR count). The second kappa shape index (κ2) is 11.1. The van der Waals surface area contributed by atoms with E-state index in [1.165, 1.54) is 0 Å². The predicted molar refractivity (Wildman–Crippen MR) is 110 cm³/mol. The van der Waals surface area contributed by atoms with Gasteiger partial charge in [0.2, 0.25) is 11.8 Å². The van der Waals surface area contributed by atoms with Crippen molar-refractivity contribution < 1.29 is 28.9 Å². The zero-order valence-electron chi connectivity index (χ0n) is 17.2. The van der Waals surface area contributed by atoms with Gasteiger partial charge in [-0.25, -0.2) is 0 Å². The van der Waals surface area contributed by atoms with Crippen molar-refractivity contribution in [2.75, 3.05) is 26.9 Å². The number of nitrogens with one attached hydrogen (secondary N) is 2. The Hall–Kier alpha value is -2.42. The summed E-state index contributed by atoms with van der Waals surface area (Å²) < 4.78 is 16.3. The third-order valence-corrected chi connectivity index (χ3v) is 5.37. The van der Waals surface area contributed by atoms with E-state index in [9.17, 15) is 14.7 Å². The molecule has 1 aromatic carbocycles. The smallest absolute Gasteiger partial charge is 0.223 e. The number of amides is 2. The quantitative estimate of drug-likeness (QED) is 0.543. The van der Waals surface area contributed by atoms with Crippen LogP contribution in [0.3, 0.4) is 0 Å². The number of carbonyl (C=O) groups excluding carboxylic acids is 2. The number of methoxy groups -OCH3 is 1. The summed E-state index contributed by atoms with van der Waals surface area (Å²) in [5, 5.41) is 15.5. The van der Waals surface area contributed by atoms with Crippen molar-refractivity contribution in [3.63, 3.8) is 0 Å². The lowest BCUT2D eigenvalue weighted by atomic mass is 9.97. The molecule has 2 heterocycles. The molecule has 0 unspecified atom stereocenters. The molecule has 30 heavy (non-hydrogen) atoms. The Balaban J connectivity index is 1.48. The molecular weight excluding hydrogens is 388 g/mol. The van der Waals surface area contributed by atoms with Crippen LogP contribution in [-0.2, 0) is 25.6 Å². The topological polar surface area (TPSA) is 106 Å². The Morgan fingerprint density at radius 3 is 2.77 bits per heavy atom. The van der Waals surface area contributed by atoms with Crippen LogP contribution >= 0.6 is 0 Å². The number of aliphatic hydroxyl groups is 1. The molecule has 164 valence electrons. The molecule has 0 spiro atoms. The van der Waals surface area contributed by atoms with Crippen LogP contribution in [0.2, 0.25) is 0 Å². The highest BCUT2D eigenvalue weighted by atomic mass is 16.5. The second-order valence-corrected chi connectivity index (χ2v) is 7.53. The number of aliphatic hydroxyl groups excluding tert-OH is 1. The SMILES string of the molecule is COc1cccc(CNC(=O)C[C@@H]2C=C[C@@H](NC(=O)C3CCOCC3)[C@H](CO)O2)c1. The maximum Gasteiger partial charge on any atom is 0.223 e. The molecule has 8 nitrogen and oxygen atoms in total. The highest BCUT2D eigenvalue weighted by Gasteiger charge is 2.31. The van der Waals surface area contributed by atoms with Crippen molar-refractivity contribution >= 4 is 11.8 Å². The summed E-state index contributed by atoms with van der Waals surface area (Å²) in [5.74, 6) is 0.449. The number of carbonyl (C=O) groups is 2. The molecule has 2 aliphatic rings. The lowest BCUT2D eigenvalue weighted by Crippen LogP contribution is -2.50. The van der Waals surface area contributed by atoms with Crippen molar-refractivity contribution in [1.29, 1.82) is 0 Å². The van der Waals surface area contributed by atoms with Crippen LogP contribution in [-0.4, -0.2) is 62.1 Å². The minimum atomic E-state index is -0.588. The molecule has 0 radical (unpaired) electrons. The summed E-state index contributed by atoms with van der Waals surface area (Å²) >= 11 is 0. The minimum absolute atomic E-state index is 0.0514.